The highest BCUT2D eigenvalue weighted by Gasteiger charge is 2.21. The molecule has 3 nitrogen and oxygen atoms in total. The summed E-state index contributed by atoms with van der Waals surface area (Å²) >= 11 is 13.3. The van der Waals surface area contributed by atoms with Gasteiger partial charge in [-0.15, -0.1) is 11.3 Å². The molecule has 0 radical (unpaired) electrons. The number of nitrogens with two attached hydrogens (primary N) is 1. The Kier molecular flexibility index (Phi) is 4.97. The Morgan fingerprint density at radius 3 is 1.84 bits per heavy atom. The fourth-order valence-electron chi connectivity index (χ4n) is 2.72. The van der Waals surface area contributed by atoms with Gasteiger partial charge in [0.25, 0.3) is 0 Å². The molecule has 0 saturated carbocycles. The van der Waals surface area contributed by atoms with E-state index in [1.165, 1.54) is 0 Å². The SMILES string of the molecule is Cc1cc(Cl)ccc1-c1cc(S(N)(=O)=O)sc1-c1ccc(Cl)cc1C. The van der Waals surface area contributed by atoms with Crippen LogP contribution in [-0.4, -0.2) is 8.42 Å². The molecule has 0 aliphatic rings. The summed E-state index contributed by atoms with van der Waals surface area (Å²) in [6.45, 7) is 3.88. The third-order valence-corrected chi connectivity index (χ3v) is 6.96. The Balaban J connectivity index is 2.32. The fourth-order valence-corrected chi connectivity index (χ4v) is 5.17. The van der Waals surface area contributed by atoms with Gasteiger partial charge in [-0.05, 0) is 66.4 Å². The third-order valence-electron chi connectivity index (χ3n) is 3.90. The first-order valence-electron chi connectivity index (χ1n) is 7.36. The van der Waals surface area contributed by atoms with Crippen molar-refractivity contribution < 1.29 is 8.42 Å². The van der Waals surface area contributed by atoms with E-state index < -0.39 is 10.0 Å². The molecule has 3 aromatic rings. The van der Waals surface area contributed by atoms with Gasteiger partial charge in [0.15, 0.2) is 0 Å². The Bertz CT molecular complexity index is 1000. The van der Waals surface area contributed by atoms with Gasteiger partial charge in [0.05, 0.1) is 0 Å². The van der Waals surface area contributed by atoms with Crippen LogP contribution >= 0.6 is 34.5 Å². The van der Waals surface area contributed by atoms with Crippen molar-refractivity contribution in [1.82, 2.24) is 0 Å². The van der Waals surface area contributed by atoms with Crippen molar-refractivity contribution in [3.8, 4) is 21.6 Å². The van der Waals surface area contributed by atoms with E-state index in [1.54, 1.807) is 18.2 Å². The van der Waals surface area contributed by atoms with E-state index in [9.17, 15) is 8.42 Å². The van der Waals surface area contributed by atoms with Crippen LogP contribution in [0.15, 0.2) is 46.7 Å². The zero-order valence-electron chi connectivity index (χ0n) is 13.5. The van der Waals surface area contributed by atoms with E-state index in [0.29, 0.717) is 10.0 Å². The lowest BCUT2D eigenvalue weighted by atomic mass is 9.97. The average molecular weight is 412 g/mol. The van der Waals surface area contributed by atoms with Crippen LogP contribution in [0.4, 0.5) is 0 Å². The van der Waals surface area contributed by atoms with E-state index in [2.05, 4.69) is 0 Å². The van der Waals surface area contributed by atoms with Crippen LogP contribution in [-0.2, 0) is 10.0 Å². The molecule has 0 unspecified atom stereocenters. The summed E-state index contributed by atoms with van der Waals surface area (Å²) in [7, 11) is -3.80. The predicted octanol–water partition coefficient (Wildman–Crippen LogP) is 5.65. The quantitative estimate of drug-likeness (QED) is 0.604. The Labute approximate surface area is 161 Å². The molecule has 1 heterocycles. The van der Waals surface area contributed by atoms with Crippen molar-refractivity contribution in [1.29, 1.82) is 0 Å². The topological polar surface area (TPSA) is 60.2 Å². The van der Waals surface area contributed by atoms with Gasteiger partial charge in [-0.1, -0.05) is 35.3 Å². The minimum atomic E-state index is -3.80. The first-order chi connectivity index (χ1) is 11.7. The first-order valence-corrected chi connectivity index (χ1v) is 10.5. The molecule has 2 N–H and O–H groups in total. The van der Waals surface area contributed by atoms with Crippen molar-refractivity contribution in [3.63, 3.8) is 0 Å². The number of benzene rings is 2. The zero-order valence-corrected chi connectivity index (χ0v) is 16.7. The second-order valence-corrected chi connectivity index (χ2v) is 9.49. The summed E-state index contributed by atoms with van der Waals surface area (Å²) in [6.07, 6.45) is 0. The van der Waals surface area contributed by atoms with Gasteiger partial charge in [0.2, 0.25) is 10.0 Å². The molecule has 25 heavy (non-hydrogen) atoms. The van der Waals surface area contributed by atoms with Crippen LogP contribution in [0, 0.1) is 13.8 Å². The van der Waals surface area contributed by atoms with Gasteiger partial charge in [0.1, 0.15) is 4.21 Å². The lowest BCUT2D eigenvalue weighted by Crippen LogP contribution is -2.09. The summed E-state index contributed by atoms with van der Waals surface area (Å²) in [4.78, 5) is 0.837. The number of hydrogen-bond donors (Lipinski definition) is 1. The van der Waals surface area contributed by atoms with E-state index in [1.807, 2.05) is 38.1 Å². The Morgan fingerprint density at radius 2 is 1.36 bits per heavy atom. The highest BCUT2D eigenvalue weighted by Crippen LogP contribution is 2.43. The van der Waals surface area contributed by atoms with Crippen LogP contribution in [0.3, 0.4) is 0 Å². The van der Waals surface area contributed by atoms with E-state index >= 15 is 0 Å². The minimum absolute atomic E-state index is 0.126. The number of halogens is 2. The second kappa shape index (κ2) is 6.74. The maximum absolute atomic E-state index is 11.9. The number of thiophene rings is 1. The van der Waals surface area contributed by atoms with Crippen LogP contribution in [0.2, 0.25) is 10.0 Å². The molecular formula is C18H15Cl2NO2S2. The lowest BCUT2D eigenvalue weighted by Gasteiger charge is -2.10. The van der Waals surface area contributed by atoms with Gasteiger partial charge in [-0.25, -0.2) is 13.6 Å². The molecule has 0 amide bonds. The Morgan fingerprint density at radius 1 is 0.840 bits per heavy atom. The summed E-state index contributed by atoms with van der Waals surface area (Å²) in [6, 6.07) is 12.7. The normalized spacial score (nSPS) is 11.7. The Hall–Kier alpha value is -1.37. The van der Waals surface area contributed by atoms with Crippen molar-refractivity contribution in [2.24, 2.45) is 5.14 Å². The molecule has 0 atom stereocenters. The van der Waals surface area contributed by atoms with Crippen molar-refractivity contribution in [2.45, 2.75) is 18.1 Å². The third kappa shape index (κ3) is 3.76. The highest BCUT2D eigenvalue weighted by atomic mass is 35.5. The molecule has 130 valence electrons. The number of hydrogen-bond acceptors (Lipinski definition) is 3. The molecule has 1 aromatic heterocycles. The maximum atomic E-state index is 11.9. The number of sulfonamides is 1. The van der Waals surface area contributed by atoms with Crippen LogP contribution in [0.5, 0.6) is 0 Å². The summed E-state index contributed by atoms with van der Waals surface area (Å²) in [5.74, 6) is 0. The van der Waals surface area contributed by atoms with Gasteiger partial charge in [-0.3, -0.25) is 0 Å². The first kappa shape index (κ1) is 18.4. The molecule has 3 rings (SSSR count). The average Bonchev–Trinajstić information content (AvgIpc) is 2.92. The maximum Gasteiger partial charge on any atom is 0.247 e. The predicted molar refractivity (Wildman–Crippen MR) is 106 cm³/mol. The number of rotatable bonds is 3. The molecule has 0 bridgehead atoms. The van der Waals surface area contributed by atoms with Crippen molar-refractivity contribution in [3.05, 3.63) is 63.6 Å². The minimum Gasteiger partial charge on any atom is -0.224 e. The monoisotopic (exact) mass is 411 g/mol. The molecular weight excluding hydrogens is 397 g/mol. The lowest BCUT2D eigenvalue weighted by molar-refractivity contribution is 0.600. The van der Waals surface area contributed by atoms with Crippen molar-refractivity contribution >= 4 is 44.6 Å². The number of aryl methyl sites for hydroxylation is 2. The smallest absolute Gasteiger partial charge is 0.224 e. The largest absolute Gasteiger partial charge is 0.247 e. The second-order valence-electron chi connectivity index (χ2n) is 5.77. The van der Waals surface area contributed by atoms with Crippen LogP contribution in [0.25, 0.3) is 21.6 Å². The fraction of sp³-hybridized carbons (Fsp3) is 0.111. The summed E-state index contributed by atoms with van der Waals surface area (Å²) in [5.41, 5.74) is 4.57. The summed E-state index contributed by atoms with van der Waals surface area (Å²) in [5, 5.41) is 6.62. The molecule has 0 spiro atoms. The van der Waals surface area contributed by atoms with Crippen molar-refractivity contribution in [2.75, 3.05) is 0 Å². The molecule has 0 saturated heterocycles. The van der Waals surface area contributed by atoms with Gasteiger partial charge in [-0.2, -0.15) is 0 Å². The standard InChI is InChI=1S/C18H15Cl2NO2S2/c1-10-7-12(19)3-5-14(10)16-9-17(25(21,22)23)24-18(16)15-6-4-13(20)8-11(15)2/h3-9H,1-2H3,(H2,21,22,23). The van der Waals surface area contributed by atoms with E-state index in [0.717, 1.165) is 44.0 Å². The molecule has 7 heteroatoms. The molecule has 0 fully saturated rings. The van der Waals surface area contributed by atoms with Gasteiger partial charge >= 0.3 is 0 Å². The van der Waals surface area contributed by atoms with Gasteiger partial charge in [0, 0.05) is 20.5 Å². The summed E-state index contributed by atoms with van der Waals surface area (Å²) < 4.78 is 23.9. The van der Waals surface area contributed by atoms with Crippen LogP contribution in [0.1, 0.15) is 11.1 Å². The molecule has 0 aliphatic heterocycles. The van der Waals surface area contributed by atoms with Gasteiger partial charge < -0.3 is 0 Å². The molecule has 0 aliphatic carbocycles. The molecule has 2 aromatic carbocycles. The van der Waals surface area contributed by atoms with E-state index in [-0.39, 0.29) is 4.21 Å². The van der Waals surface area contributed by atoms with E-state index in [4.69, 9.17) is 28.3 Å². The highest BCUT2D eigenvalue weighted by molar-refractivity contribution is 7.91. The number of primary sulfonamides is 1. The van der Waals surface area contributed by atoms with Crippen LogP contribution < -0.4 is 5.14 Å². The zero-order chi connectivity index (χ0) is 18.4.